The number of carbonyl (C=O) groups is 2. The molecule has 300 valence electrons. The van der Waals surface area contributed by atoms with E-state index in [4.69, 9.17) is 4.74 Å². The lowest BCUT2D eigenvalue weighted by Crippen LogP contribution is -2.22. The summed E-state index contributed by atoms with van der Waals surface area (Å²) in [5.74, 6) is -0.739. The zero-order valence-corrected chi connectivity index (χ0v) is 33.4. The maximum atomic E-state index is 13.5. The van der Waals surface area contributed by atoms with Crippen LogP contribution >= 0.6 is 0 Å². The predicted octanol–water partition coefficient (Wildman–Crippen LogP) is 8.02. The van der Waals surface area contributed by atoms with Gasteiger partial charge >= 0.3 is 5.97 Å². The quantitative estimate of drug-likeness (QED) is 0.149. The van der Waals surface area contributed by atoms with E-state index in [0.717, 1.165) is 0 Å². The molecule has 8 rings (SSSR count). The monoisotopic (exact) mass is 813 g/mol. The van der Waals surface area contributed by atoms with E-state index < -0.39 is 5.97 Å². The summed E-state index contributed by atoms with van der Waals surface area (Å²) in [6.45, 7) is 0. The molecule has 0 aliphatic heterocycles. The van der Waals surface area contributed by atoms with Gasteiger partial charge in [-0.2, -0.15) is 10.5 Å². The third kappa shape index (κ3) is 8.71. The fourth-order valence-corrected chi connectivity index (χ4v) is 6.75. The van der Waals surface area contributed by atoms with Crippen LogP contribution in [0.5, 0.6) is 0 Å². The number of nitriles is 2. The van der Waals surface area contributed by atoms with Crippen molar-refractivity contribution in [2.75, 3.05) is 14.2 Å². The first-order valence-electron chi connectivity index (χ1n) is 19.1. The van der Waals surface area contributed by atoms with Crippen molar-refractivity contribution < 1.29 is 14.3 Å². The van der Waals surface area contributed by atoms with Crippen molar-refractivity contribution in [3.63, 3.8) is 0 Å². The van der Waals surface area contributed by atoms with E-state index in [2.05, 4.69) is 27.4 Å². The van der Waals surface area contributed by atoms with Gasteiger partial charge in [-0.1, -0.05) is 60.7 Å². The number of nitrogens with one attached hydrogen (secondary N) is 1. The van der Waals surface area contributed by atoms with Crippen LogP contribution in [-0.4, -0.2) is 45.1 Å². The maximum Gasteiger partial charge on any atom is 0.337 e. The SMILES string of the molecule is CNC(=O)c1cccc(-n2cc(-c3ccccn3)cc(-c3ccccc3C#N)c2=O)c1.COC(=O)c1cccc(-n2cc(-c3ccccn3)cc(-c3ccccc3C#N)c2=O)c1. The van der Waals surface area contributed by atoms with Crippen molar-refractivity contribution in [2.45, 2.75) is 0 Å². The van der Waals surface area contributed by atoms with Gasteiger partial charge in [0.15, 0.2) is 0 Å². The Bertz CT molecular complexity index is 2950. The summed E-state index contributed by atoms with van der Waals surface area (Å²) < 4.78 is 7.75. The van der Waals surface area contributed by atoms with Gasteiger partial charge in [-0.05, 0) is 84.9 Å². The third-order valence-electron chi connectivity index (χ3n) is 9.79. The first-order chi connectivity index (χ1) is 30.2. The Hall–Kier alpha value is -9.00. The molecule has 1 N–H and O–H groups in total. The van der Waals surface area contributed by atoms with E-state index >= 15 is 0 Å². The van der Waals surface area contributed by atoms with Crippen molar-refractivity contribution in [1.82, 2.24) is 24.4 Å². The number of aromatic nitrogens is 4. The summed E-state index contributed by atoms with van der Waals surface area (Å²) in [6.07, 6.45) is 6.73. The van der Waals surface area contributed by atoms with Crippen LogP contribution in [0.4, 0.5) is 0 Å². The van der Waals surface area contributed by atoms with Crippen LogP contribution in [0.15, 0.2) is 180 Å². The Morgan fingerprint density at radius 1 is 0.565 bits per heavy atom. The Morgan fingerprint density at radius 2 is 1.02 bits per heavy atom. The summed E-state index contributed by atoms with van der Waals surface area (Å²) >= 11 is 0. The second-order valence-electron chi connectivity index (χ2n) is 13.6. The van der Waals surface area contributed by atoms with Crippen molar-refractivity contribution in [3.05, 3.63) is 213 Å². The normalized spacial score (nSPS) is 10.3. The smallest absolute Gasteiger partial charge is 0.337 e. The topological polar surface area (TPSA) is 173 Å². The van der Waals surface area contributed by atoms with Crippen molar-refractivity contribution in [1.29, 1.82) is 10.5 Å². The van der Waals surface area contributed by atoms with Crippen LogP contribution < -0.4 is 16.4 Å². The number of nitrogens with zero attached hydrogens (tertiary/aromatic N) is 6. The van der Waals surface area contributed by atoms with Gasteiger partial charge in [0.25, 0.3) is 17.0 Å². The standard InChI is InChI=1S/C25H18N4O2.C25H17N3O3/c1-27-24(30)17-8-6-9-20(13-17)29-16-19(23-11-4-5-12-28-23)14-22(25(29)31)21-10-3-2-7-18(21)15-26;1-31-25(30)17-8-6-9-20(13-17)28-16-19(23-11-4-5-12-27-23)14-22(24(28)29)21-10-3-2-7-18(21)15-26/h2-14,16H,1H3,(H,27,30);2-14,16H,1H3. The van der Waals surface area contributed by atoms with Crippen LogP contribution in [0, 0.1) is 22.7 Å². The highest BCUT2D eigenvalue weighted by molar-refractivity contribution is 5.94. The second kappa shape index (κ2) is 18.7. The molecule has 0 saturated carbocycles. The number of hydrogen-bond acceptors (Lipinski definition) is 9. The molecule has 1 amide bonds. The molecule has 0 unspecified atom stereocenters. The van der Waals surface area contributed by atoms with Crippen LogP contribution in [-0.2, 0) is 4.74 Å². The molecule has 12 nitrogen and oxygen atoms in total. The fourth-order valence-electron chi connectivity index (χ4n) is 6.75. The highest BCUT2D eigenvalue weighted by Crippen LogP contribution is 2.28. The zero-order chi connectivity index (χ0) is 43.6. The zero-order valence-electron chi connectivity index (χ0n) is 33.4. The summed E-state index contributed by atoms with van der Waals surface area (Å²) in [5, 5.41) is 21.7. The summed E-state index contributed by atoms with van der Waals surface area (Å²) in [7, 11) is 2.86. The van der Waals surface area contributed by atoms with Crippen molar-refractivity contribution in [3.8, 4) is 68.3 Å². The number of esters is 1. The highest BCUT2D eigenvalue weighted by atomic mass is 16.5. The van der Waals surface area contributed by atoms with E-state index in [0.29, 0.717) is 78.4 Å². The molecule has 0 atom stereocenters. The molecular weight excluding hydrogens is 779 g/mol. The first-order valence-corrected chi connectivity index (χ1v) is 19.1. The van der Waals surface area contributed by atoms with E-state index in [1.54, 1.807) is 141 Å². The molecule has 0 fully saturated rings. The Kier molecular flexibility index (Phi) is 12.4. The Morgan fingerprint density at radius 3 is 1.45 bits per heavy atom. The number of ether oxygens (including phenoxy) is 1. The average Bonchev–Trinajstić information content (AvgIpc) is 3.34. The van der Waals surface area contributed by atoms with E-state index in [1.165, 1.54) is 16.2 Å². The molecule has 0 aliphatic carbocycles. The highest BCUT2D eigenvalue weighted by Gasteiger charge is 2.18. The summed E-state index contributed by atoms with van der Waals surface area (Å²) in [6, 6.07) is 46.2. The molecule has 12 heteroatoms. The molecule has 4 aromatic carbocycles. The molecular formula is C50H35N7O5. The van der Waals surface area contributed by atoms with Crippen LogP contribution in [0.1, 0.15) is 31.8 Å². The number of carbonyl (C=O) groups excluding carboxylic acids is 2. The molecule has 62 heavy (non-hydrogen) atoms. The minimum atomic E-state index is -0.495. The largest absolute Gasteiger partial charge is 0.465 e. The molecule has 4 heterocycles. The lowest BCUT2D eigenvalue weighted by molar-refractivity contribution is 0.0600. The van der Waals surface area contributed by atoms with Crippen molar-refractivity contribution >= 4 is 11.9 Å². The minimum Gasteiger partial charge on any atom is -0.465 e. The molecule has 8 aromatic rings. The second-order valence-corrected chi connectivity index (χ2v) is 13.6. The van der Waals surface area contributed by atoms with E-state index in [-0.39, 0.29) is 17.0 Å². The molecule has 0 saturated heterocycles. The average molecular weight is 814 g/mol. The van der Waals surface area contributed by atoms with Gasteiger partial charge < -0.3 is 10.1 Å². The van der Waals surface area contributed by atoms with Gasteiger partial charge in [0.2, 0.25) is 0 Å². The maximum absolute atomic E-state index is 13.5. The summed E-state index contributed by atoms with van der Waals surface area (Å²) in [4.78, 5) is 59.9. The number of hydrogen-bond donors (Lipinski definition) is 1. The predicted molar refractivity (Wildman–Crippen MR) is 236 cm³/mol. The van der Waals surface area contributed by atoms with Gasteiger partial charge in [0.05, 0.1) is 47.3 Å². The number of amides is 1. The Labute approximate surface area is 355 Å². The van der Waals surface area contributed by atoms with Gasteiger partial charge in [-0.15, -0.1) is 0 Å². The van der Waals surface area contributed by atoms with Gasteiger partial charge in [-0.3, -0.25) is 33.5 Å². The van der Waals surface area contributed by atoms with Crippen LogP contribution in [0.25, 0.3) is 56.1 Å². The number of pyridine rings is 4. The first kappa shape index (κ1) is 41.2. The summed E-state index contributed by atoms with van der Waals surface area (Å²) in [5.41, 5.74) is 6.61. The van der Waals surface area contributed by atoms with Gasteiger partial charge in [0.1, 0.15) is 0 Å². The van der Waals surface area contributed by atoms with Gasteiger partial charge in [-0.25, -0.2) is 4.79 Å². The number of methoxy groups -OCH3 is 1. The Balaban J connectivity index is 0.000000186. The fraction of sp³-hybridized carbons (Fsp3) is 0.0400. The molecule has 0 radical (unpaired) electrons. The van der Waals surface area contributed by atoms with Crippen LogP contribution in [0.3, 0.4) is 0 Å². The third-order valence-corrected chi connectivity index (χ3v) is 9.79. The minimum absolute atomic E-state index is 0.245. The van der Waals surface area contributed by atoms with Crippen LogP contribution in [0.2, 0.25) is 0 Å². The molecule has 0 bridgehead atoms. The lowest BCUT2D eigenvalue weighted by atomic mass is 9.99. The van der Waals surface area contributed by atoms with E-state index in [1.807, 2.05) is 36.4 Å². The van der Waals surface area contributed by atoms with E-state index in [9.17, 15) is 29.7 Å². The van der Waals surface area contributed by atoms with Gasteiger partial charge in [0, 0.05) is 82.2 Å². The molecule has 0 aliphatic rings. The number of rotatable bonds is 8. The van der Waals surface area contributed by atoms with Crippen molar-refractivity contribution in [2.24, 2.45) is 0 Å². The number of benzene rings is 4. The molecule has 0 spiro atoms. The lowest BCUT2D eigenvalue weighted by Gasteiger charge is -2.13. The molecule has 4 aromatic heterocycles.